The first-order valence-electron chi connectivity index (χ1n) is 6.04. The van der Waals surface area contributed by atoms with Crippen molar-refractivity contribution in [1.82, 2.24) is 5.32 Å². The van der Waals surface area contributed by atoms with E-state index >= 15 is 0 Å². The molecule has 17 heavy (non-hydrogen) atoms. The smallest absolute Gasteiger partial charge is 0.161 e. The Balaban J connectivity index is 2.37. The van der Waals surface area contributed by atoms with Crippen molar-refractivity contribution in [3.05, 3.63) is 36.9 Å². The van der Waals surface area contributed by atoms with E-state index in [1.54, 1.807) is 0 Å². The molecular formula is C14H21NO2. The third-order valence-electron chi connectivity index (χ3n) is 2.14. The van der Waals surface area contributed by atoms with E-state index < -0.39 is 0 Å². The lowest BCUT2D eigenvalue weighted by atomic mass is 10.3. The molecule has 94 valence electrons. The second-order valence-corrected chi connectivity index (χ2v) is 3.64. The minimum atomic E-state index is 0.625. The van der Waals surface area contributed by atoms with Gasteiger partial charge in [-0.1, -0.05) is 25.1 Å². The number of rotatable bonds is 9. The predicted octanol–water partition coefficient (Wildman–Crippen LogP) is 2.63. The monoisotopic (exact) mass is 235 g/mol. The third-order valence-corrected chi connectivity index (χ3v) is 2.14. The maximum atomic E-state index is 5.66. The van der Waals surface area contributed by atoms with Gasteiger partial charge in [0.2, 0.25) is 0 Å². The van der Waals surface area contributed by atoms with Crippen LogP contribution in [0, 0.1) is 0 Å². The van der Waals surface area contributed by atoms with Crippen LogP contribution in [0.4, 0.5) is 0 Å². The van der Waals surface area contributed by atoms with Crippen molar-refractivity contribution in [2.24, 2.45) is 0 Å². The van der Waals surface area contributed by atoms with Crippen LogP contribution in [0.5, 0.6) is 11.5 Å². The minimum absolute atomic E-state index is 0.625. The highest BCUT2D eigenvalue weighted by Crippen LogP contribution is 2.26. The molecule has 0 atom stereocenters. The second kappa shape index (κ2) is 8.65. The summed E-state index contributed by atoms with van der Waals surface area (Å²) in [4.78, 5) is 0. The zero-order valence-electron chi connectivity index (χ0n) is 10.4. The van der Waals surface area contributed by atoms with Crippen molar-refractivity contribution in [3.8, 4) is 11.5 Å². The van der Waals surface area contributed by atoms with Crippen molar-refractivity contribution < 1.29 is 9.47 Å². The van der Waals surface area contributed by atoms with Gasteiger partial charge in [0.15, 0.2) is 11.5 Å². The van der Waals surface area contributed by atoms with Crippen LogP contribution in [0.25, 0.3) is 0 Å². The lowest BCUT2D eigenvalue weighted by Gasteiger charge is -2.12. The summed E-state index contributed by atoms with van der Waals surface area (Å²) in [6.07, 6.45) is 2.83. The molecule has 0 aliphatic carbocycles. The highest BCUT2D eigenvalue weighted by atomic mass is 16.5. The van der Waals surface area contributed by atoms with Gasteiger partial charge in [0.25, 0.3) is 0 Å². The number of hydrogen-bond donors (Lipinski definition) is 1. The SMILES string of the molecule is C=CCNCCOc1ccccc1OCCC. The van der Waals surface area contributed by atoms with Crippen LogP contribution in [0.15, 0.2) is 36.9 Å². The maximum absolute atomic E-state index is 5.66. The molecule has 0 bridgehead atoms. The molecule has 0 aliphatic rings. The fraction of sp³-hybridized carbons (Fsp3) is 0.429. The highest BCUT2D eigenvalue weighted by molar-refractivity contribution is 5.39. The van der Waals surface area contributed by atoms with Crippen molar-refractivity contribution in [2.75, 3.05) is 26.3 Å². The summed E-state index contributed by atoms with van der Waals surface area (Å²) >= 11 is 0. The Hall–Kier alpha value is -1.48. The summed E-state index contributed by atoms with van der Waals surface area (Å²) in [6.45, 7) is 8.67. The summed E-state index contributed by atoms with van der Waals surface area (Å²) in [5.74, 6) is 1.62. The summed E-state index contributed by atoms with van der Waals surface area (Å²) in [5, 5.41) is 3.18. The minimum Gasteiger partial charge on any atom is -0.490 e. The van der Waals surface area contributed by atoms with Gasteiger partial charge in [-0.3, -0.25) is 0 Å². The molecule has 0 amide bonds. The Morgan fingerprint density at radius 3 is 2.41 bits per heavy atom. The first-order chi connectivity index (χ1) is 8.38. The van der Waals surface area contributed by atoms with Gasteiger partial charge in [-0.2, -0.15) is 0 Å². The first kappa shape index (κ1) is 13.6. The molecule has 0 radical (unpaired) electrons. The van der Waals surface area contributed by atoms with Crippen LogP contribution >= 0.6 is 0 Å². The molecular weight excluding hydrogens is 214 g/mol. The van der Waals surface area contributed by atoms with Crippen LogP contribution in [0.1, 0.15) is 13.3 Å². The molecule has 0 unspecified atom stereocenters. The third kappa shape index (κ3) is 5.41. The van der Waals surface area contributed by atoms with Crippen molar-refractivity contribution in [3.63, 3.8) is 0 Å². The Morgan fingerprint density at radius 2 is 1.82 bits per heavy atom. The van der Waals surface area contributed by atoms with E-state index in [0.717, 1.165) is 37.6 Å². The van der Waals surface area contributed by atoms with E-state index in [2.05, 4.69) is 18.8 Å². The van der Waals surface area contributed by atoms with Crippen LogP contribution in [0.2, 0.25) is 0 Å². The number of hydrogen-bond acceptors (Lipinski definition) is 3. The summed E-state index contributed by atoms with van der Waals surface area (Å²) in [5.41, 5.74) is 0. The lowest BCUT2D eigenvalue weighted by molar-refractivity contribution is 0.268. The van der Waals surface area contributed by atoms with Gasteiger partial charge in [0, 0.05) is 13.1 Å². The molecule has 0 saturated carbocycles. The number of ether oxygens (including phenoxy) is 2. The molecule has 3 heteroatoms. The Bertz CT molecular complexity index is 326. The number of benzene rings is 1. The van der Waals surface area contributed by atoms with E-state index in [1.807, 2.05) is 30.3 Å². The van der Waals surface area contributed by atoms with Crippen LogP contribution in [-0.2, 0) is 0 Å². The summed E-state index contributed by atoms with van der Waals surface area (Å²) < 4.78 is 11.3. The van der Waals surface area contributed by atoms with E-state index in [9.17, 15) is 0 Å². The van der Waals surface area contributed by atoms with Gasteiger partial charge in [-0.05, 0) is 18.6 Å². The average Bonchev–Trinajstić information content (AvgIpc) is 2.37. The molecule has 0 aliphatic heterocycles. The van der Waals surface area contributed by atoms with Gasteiger partial charge in [-0.15, -0.1) is 6.58 Å². The Kier molecular flexibility index (Phi) is 6.91. The van der Waals surface area contributed by atoms with E-state index in [1.165, 1.54) is 0 Å². The van der Waals surface area contributed by atoms with Crippen LogP contribution in [-0.4, -0.2) is 26.3 Å². The fourth-order valence-corrected chi connectivity index (χ4v) is 1.34. The molecule has 1 aromatic carbocycles. The van der Waals surface area contributed by atoms with E-state index in [-0.39, 0.29) is 0 Å². The number of para-hydroxylation sites is 2. The largest absolute Gasteiger partial charge is 0.490 e. The summed E-state index contributed by atoms with van der Waals surface area (Å²) in [6, 6.07) is 7.76. The predicted molar refractivity (Wildman–Crippen MR) is 70.8 cm³/mol. The van der Waals surface area contributed by atoms with E-state index in [0.29, 0.717) is 6.61 Å². The fourth-order valence-electron chi connectivity index (χ4n) is 1.34. The topological polar surface area (TPSA) is 30.5 Å². The Labute approximate surface area is 103 Å². The molecule has 0 saturated heterocycles. The zero-order valence-corrected chi connectivity index (χ0v) is 10.4. The van der Waals surface area contributed by atoms with Gasteiger partial charge in [0.05, 0.1) is 6.61 Å². The van der Waals surface area contributed by atoms with Gasteiger partial charge < -0.3 is 14.8 Å². The Morgan fingerprint density at radius 1 is 1.18 bits per heavy atom. The quantitative estimate of drug-likeness (QED) is 0.527. The van der Waals surface area contributed by atoms with Crippen molar-refractivity contribution in [2.45, 2.75) is 13.3 Å². The van der Waals surface area contributed by atoms with E-state index in [4.69, 9.17) is 9.47 Å². The molecule has 0 spiro atoms. The molecule has 1 aromatic rings. The lowest BCUT2D eigenvalue weighted by Crippen LogP contribution is -2.20. The van der Waals surface area contributed by atoms with Gasteiger partial charge in [0.1, 0.15) is 6.61 Å². The highest BCUT2D eigenvalue weighted by Gasteiger charge is 2.02. The standard InChI is InChI=1S/C14H21NO2/c1-3-9-15-10-12-17-14-8-6-5-7-13(14)16-11-4-2/h3,5-8,15H,1,4,9-12H2,2H3. The first-order valence-corrected chi connectivity index (χ1v) is 6.04. The molecule has 3 nitrogen and oxygen atoms in total. The molecule has 0 fully saturated rings. The molecule has 0 aromatic heterocycles. The maximum Gasteiger partial charge on any atom is 0.161 e. The zero-order chi connectivity index (χ0) is 12.3. The molecule has 1 N–H and O–H groups in total. The van der Waals surface area contributed by atoms with Gasteiger partial charge >= 0.3 is 0 Å². The van der Waals surface area contributed by atoms with Crippen molar-refractivity contribution in [1.29, 1.82) is 0 Å². The normalized spacial score (nSPS) is 9.94. The average molecular weight is 235 g/mol. The summed E-state index contributed by atoms with van der Waals surface area (Å²) in [7, 11) is 0. The van der Waals surface area contributed by atoms with Gasteiger partial charge in [-0.25, -0.2) is 0 Å². The number of nitrogens with one attached hydrogen (secondary N) is 1. The van der Waals surface area contributed by atoms with Crippen LogP contribution in [0.3, 0.4) is 0 Å². The second-order valence-electron chi connectivity index (χ2n) is 3.64. The molecule has 0 heterocycles. The van der Waals surface area contributed by atoms with Crippen LogP contribution < -0.4 is 14.8 Å². The van der Waals surface area contributed by atoms with Crippen molar-refractivity contribution >= 4 is 0 Å². The molecule has 1 rings (SSSR count).